The van der Waals surface area contributed by atoms with Crippen LogP contribution >= 0.6 is 0 Å². The number of pyridine rings is 1. The molecule has 1 atom stereocenters. The van der Waals surface area contributed by atoms with E-state index >= 15 is 0 Å². The highest BCUT2D eigenvalue weighted by Crippen LogP contribution is 2.24. The molecule has 18 heavy (non-hydrogen) atoms. The van der Waals surface area contributed by atoms with Crippen molar-refractivity contribution in [3.63, 3.8) is 0 Å². The summed E-state index contributed by atoms with van der Waals surface area (Å²) in [7, 11) is 0. The highest BCUT2D eigenvalue weighted by molar-refractivity contribution is 5.38. The van der Waals surface area contributed by atoms with Crippen LogP contribution in [0, 0.1) is 13.8 Å². The van der Waals surface area contributed by atoms with Crippen molar-refractivity contribution in [3.8, 4) is 0 Å². The zero-order chi connectivity index (χ0) is 13.0. The maximum absolute atomic E-state index is 4.22. The average molecular weight is 240 g/mol. The van der Waals surface area contributed by atoms with E-state index in [1.165, 1.54) is 22.3 Å². The Morgan fingerprint density at radius 1 is 1.22 bits per heavy atom. The summed E-state index contributed by atoms with van der Waals surface area (Å²) in [5.74, 6) is 0. The Kier molecular flexibility index (Phi) is 4.11. The van der Waals surface area contributed by atoms with Crippen LogP contribution in [0.25, 0.3) is 0 Å². The van der Waals surface area contributed by atoms with Gasteiger partial charge in [-0.1, -0.05) is 36.8 Å². The van der Waals surface area contributed by atoms with Gasteiger partial charge in [-0.05, 0) is 43.1 Å². The first-order valence-electron chi connectivity index (χ1n) is 6.43. The number of aryl methyl sites for hydroxylation is 2. The predicted molar refractivity (Wildman–Crippen MR) is 75.7 cm³/mol. The lowest BCUT2D eigenvalue weighted by atomic mass is 9.95. The molecule has 2 nitrogen and oxygen atoms in total. The molecule has 1 aromatic heterocycles. The third-order valence-electron chi connectivity index (χ3n) is 3.16. The first-order chi connectivity index (χ1) is 8.72. The fourth-order valence-electron chi connectivity index (χ4n) is 2.31. The van der Waals surface area contributed by atoms with Crippen LogP contribution in [0.4, 0.5) is 0 Å². The summed E-state index contributed by atoms with van der Waals surface area (Å²) in [6, 6.07) is 11.0. The van der Waals surface area contributed by atoms with Crippen LogP contribution in [0.15, 0.2) is 42.7 Å². The minimum Gasteiger partial charge on any atom is -0.306 e. The van der Waals surface area contributed by atoms with Crippen molar-refractivity contribution in [1.29, 1.82) is 0 Å². The molecule has 0 aliphatic carbocycles. The molecule has 94 valence electrons. The molecule has 0 bridgehead atoms. The van der Waals surface area contributed by atoms with Crippen molar-refractivity contribution in [3.05, 3.63) is 65.0 Å². The van der Waals surface area contributed by atoms with E-state index < -0.39 is 0 Å². The Morgan fingerprint density at radius 2 is 2.06 bits per heavy atom. The fourth-order valence-corrected chi connectivity index (χ4v) is 2.31. The average Bonchev–Trinajstić information content (AvgIpc) is 2.38. The van der Waals surface area contributed by atoms with Gasteiger partial charge in [-0.15, -0.1) is 0 Å². The molecule has 0 fully saturated rings. The molecular formula is C16H20N2. The van der Waals surface area contributed by atoms with Gasteiger partial charge >= 0.3 is 0 Å². The van der Waals surface area contributed by atoms with E-state index in [1.54, 1.807) is 0 Å². The van der Waals surface area contributed by atoms with E-state index in [0.717, 1.165) is 6.54 Å². The molecular weight excluding hydrogens is 220 g/mol. The maximum Gasteiger partial charge on any atom is 0.0594 e. The zero-order valence-corrected chi connectivity index (χ0v) is 11.3. The van der Waals surface area contributed by atoms with Crippen LogP contribution in [0.3, 0.4) is 0 Å². The fraction of sp³-hybridized carbons (Fsp3) is 0.312. The number of rotatable bonds is 4. The first kappa shape index (κ1) is 12.8. The Hall–Kier alpha value is -1.67. The van der Waals surface area contributed by atoms with Crippen LogP contribution in [0.5, 0.6) is 0 Å². The van der Waals surface area contributed by atoms with E-state index in [-0.39, 0.29) is 6.04 Å². The van der Waals surface area contributed by atoms with Crippen molar-refractivity contribution in [2.45, 2.75) is 26.8 Å². The second-order valence-corrected chi connectivity index (χ2v) is 4.64. The second-order valence-electron chi connectivity index (χ2n) is 4.64. The summed E-state index contributed by atoms with van der Waals surface area (Å²) in [6.07, 6.45) is 3.75. The SMILES string of the molecule is CCNC(c1cccnc1)c1ccc(C)cc1C. The van der Waals surface area contributed by atoms with Gasteiger partial charge in [-0.3, -0.25) is 4.98 Å². The number of hydrogen-bond donors (Lipinski definition) is 1. The Morgan fingerprint density at radius 3 is 2.67 bits per heavy atom. The Labute approximate surface area is 109 Å². The minimum atomic E-state index is 0.226. The molecule has 2 heteroatoms. The van der Waals surface area contributed by atoms with Crippen LogP contribution in [0.1, 0.15) is 35.2 Å². The topological polar surface area (TPSA) is 24.9 Å². The monoisotopic (exact) mass is 240 g/mol. The number of hydrogen-bond acceptors (Lipinski definition) is 2. The van der Waals surface area contributed by atoms with Crippen LogP contribution < -0.4 is 5.32 Å². The normalized spacial score (nSPS) is 12.4. The Bertz CT molecular complexity index is 506. The lowest BCUT2D eigenvalue weighted by Gasteiger charge is -2.21. The molecule has 1 aromatic carbocycles. The molecule has 1 N–H and O–H groups in total. The van der Waals surface area contributed by atoms with E-state index in [4.69, 9.17) is 0 Å². The minimum absolute atomic E-state index is 0.226. The third-order valence-corrected chi connectivity index (χ3v) is 3.16. The van der Waals surface area contributed by atoms with Crippen LogP contribution in [-0.2, 0) is 0 Å². The summed E-state index contributed by atoms with van der Waals surface area (Å²) < 4.78 is 0. The maximum atomic E-state index is 4.22. The predicted octanol–water partition coefficient (Wildman–Crippen LogP) is 3.40. The van der Waals surface area contributed by atoms with Crippen molar-refractivity contribution < 1.29 is 0 Å². The summed E-state index contributed by atoms with van der Waals surface area (Å²) >= 11 is 0. The molecule has 2 rings (SSSR count). The van der Waals surface area contributed by atoms with Gasteiger partial charge in [0.05, 0.1) is 6.04 Å². The van der Waals surface area contributed by atoms with Crippen molar-refractivity contribution in [2.75, 3.05) is 6.54 Å². The highest BCUT2D eigenvalue weighted by Gasteiger charge is 2.14. The molecule has 0 saturated heterocycles. The molecule has 0 aliphatic heterocycles. The smallest absolute Gasteiger partial charge is 0.0594 e. The summed E-state index contributed by atoms with van der Waals surface area (Å²) in [5.41, 5.74) is 5.17. The van der Waals surface area contributed by atoms with Gasteiger partial charge in [0.2, 0.25) is 0 Å². The first-order valence-corrected chi connectivity index (χ1v) is 6.43. The van der Waals surface area contributed by atoms with Gasteiger partial charge in [0, 0.05) is 12.4 Å². The summed E-state index contributed by atoms with van der Waals surface area (Å²) in [6.45, 7) is 7.37. The molecule has 1 unspecified atom stereocenters. The van der Waals surface area contributed by atoms with Gasteiger partial charge in [-0.2, -0.15) is 0 Å². The summed E-state index contributed by atoms with van der Waals surface area (Å²) in [4.78, 5) is 4.22. The number of nitrogens with one attached hydrogen (secondary N) is 1. The van der Waals surface area contributed by atoms with Gasteiger partial charge < -0.3 is 5.32 Å². The van der Waals surface area contributed by atoms with Gasteiger partial charge in [0.25, 0.3) is 0 Å². The van der Waals surface area contributed by atoms with Crippen LogP contribution in [-0.4, -0.2) is 11.5 Å². The largest absolute Gasteiger partial charge is 0.306 e. The van der Waals surface area contributed by atoms with Crippen molar-refractivity contribution >= 4 is 0 Å². The Balaban J connectivity index is 2.41. The molecule has 1 heterocycles. The quantitative estimate of drug-likeness (QED) is 0.886. The zero-order valence-electron chi connectivity index (χ0n) is 11.3. The van der Waals surface area contributed by atoms with Crippen molar-refractivity contribution in [2.24, 2.45) is 0 Å². The molecule has 0 amide bonds. The van der Waals surface area contributed by atoms with E-state index in [2.05, 4.69) is 55.3 Å². The standard InChI is InChI=1S/C16H20N2/c1-4-18-16(14-6-5-9-17-11-14)15-8-7-12(2)10-13(15)3/h5-11,16,18H,4H2,1-3H3. The number of nitrogens with zero attached hydrogens (tertiary/aromatic N) is 1. The third kappa shape index (κ3) is 2.77. The second kappa shape index (κ2) is 5.78. The van der Waals surface area contributed by atoms with Gasteiger partial charge in [-0.25, -0.2) is 0 Å². The molecule has 0 spiro atoms. The number of aromatic nitrogens is 1. The molecule has 0 saturated carbocycles. The molecule has 2 aromatic rings. The number of benzene rings is 1. The van der Waals surface area contributed by atoms with E-state index in [9.17, 15) is 0 Å². The van der Waals surface area contributed by atoms with Gasteiger partial charge in [0.15, 0.2) is 0 Å². The lowest BCUT2D eigenvalue weighted by molar-refractivity contribution is 0.625. The van der Waals surface area contributed by atoms with E-state index in [1.807, 2.05) is 18.5 Å². The summed E-state index contributed by atoms with van der Waals surface area (Å²) in [5, 5.41) is 3.54. The van der Waals surface area contributed by atoms with Crippen molar-refractivity contribution in [1.82, 2.24) is 10.3 Å². The van der Waals surface area contributed by atoms with E-state index in [0.29, 0.717) is 0 Å². The molecule has 0 radical (unpaired) electrons. The highest BCUT2D eigenvalue weighted by atomic mass is 14.9. The van der Waals surface area contributed by atoms with Crippen LogP contribution in [0.2, 0.25) is 0 Å². The van der Waals surface area contributed by atoms with Gasteiger partial charge in [0.1, 0.15) is 0 Å². The molecule has 0 aliphatic rings. The lowest BCUT2D eigenvalue weighted by Crippen LogP contribution is -2.22.